The first kappa shape index (κ1) is 15.2. The molecule has 0 aromatic heterocycles. The van der Waals surface area contributed by atoms with Gasteiger partial charge in [0.15, 0.2) is 0 Å². The highest BCUT2D eigenvalue weighted by Crippen LogP contribution is 2.13. The maximum absolute atomic E-state index is 11.5. The zero-order valence-corrected chi connectivity index (χ0v) is 11.7. The van der Waals surface area contributed by atoms with Gasteiger partial charge in [0.2, 0.25) is 0 Å². The molecule has 7 nitrogen and oxygen atoms in total. The lowest BCUT2D eigenvalue weighted by molar-refractivity contribution is 0.0473. The second kappa shape index (κ2) is 5.41. The van der Waals surface area contributed by atoms with Crippen LogP contribution in [0.2, 0.25) is 0 Å². The molecule has 1 heterocycles. The van der Waals surface area contributed by atoms with Gasteiger partial charge in [-0.15, -0.1) is 0 Å². The maximum atomic E-state index is 11.5. The third kappa shape index (κ3) is 5.65. The average molecular weight is 281 g/mol. The van der Waals surface area contributed by atoms with Crippen LogP contribution in [0, 0.1) is 0 Å². The quantitative estimate of drug-likeness (QED) is 0.746. The fraction of sp³-hybridized carbons (Fsp3) is 0.900. The van der Waals surface area contributed by atoms with E-state index in [0.29, 0.717) is 0 Å². The van der Waals surface area contributed by atoms with Crippen LogP contribution >= 0.6 is 0 Å². The Bertz CT molecular complexity index is 399. The first-order valence-electron chi connectivity index (χ1n) is 5.52. The van der Waals surface area contributed by atoms with Crippen molar-refractivity contribution in [3.05, 3.63) is 0 Å². The van der Waals surface area contributed by atoms with Crippen LogP contribution in [-0.2, 0) is 23.8 Å². The minimum atomic E-state index is -3.58. The minimum Gasteiger partial charge on any atom is -0.444 e. The summed E-state index contributed by atoms with van der Waals surface area (Å²) in [5, 5.41) is 2.53. The highest BCUT2D eigenvalue weighted by atomic mass is 32.2. The SMILES string of the molecule is CC(C)(C)OC(=O)N[C@H]1COC[C@H]1OS(C)(=O)=O. The molecule has 0 radical (unpaired) electrons. The van der Waals surface area contributed by atoms with E-state index in [1.165, 1.54) is 0 Å². The molecular formula is C10H19NO6S. The summed E-state index contributed by atoms with van der Waals surface area (Å²) in [5.74, 6) is 0. The van der Waals surface area contributed by atoms with Crippen molar-refractivity contribution in [3.8, 4) is 0 Å². The van der Waals surface area contributed by atoms with Crippen molar-refractivity contribution in [2.45, 2.75) is 38.5 Å². The normalized spacial score (nSPS) is 24.9. The van der Waals surface area contributed by atoms with E-state index in [0.717, 1.165) is 6.26 Å². The van der Waals surface area contributed by atoms with Crippen molar-refractivity contribution in [1.29, 1.82) is 0 Å². The molecule has 0 aromatic carbocycles. The van der Waals surface area contributed by atoms with Gasteiger partial charge in [-0.1, -0.05) is 0 Å². The first-order chi connectivity index (χ1) is 8.07. The van der Waals surface area contributed by atoms with E-state index in [2.05, 4.69) is 5.32 Å². The van der Waals surface area contributed by atoms with Crippen LogP contribution in [0.15, 0.2) is 0 Å². The van der Waals surface area contributed by atoms with Crippen molar-refractivity contribution in [2.24, 2.45) is 0 Å². The van der Waals surface area contributed by atoms with Gasteiger partial charge >= 0.3 is 6.09 Å². The zero-order chi connectivity index (χ0) is 14.0. The number of rotatable bonds is 3. The molecule has 1 aliphatic heterocycles. The Labute approximate surface area is 107 Å². The number of alkyl carbamates (subject to hydrolysis) is 1. The van der Waals surface area contributed by atoms with Crippen molar-refractivity contribution in [3.63, 3.8) is 0 Å². The molecule has 0 spiro atoms. The summed E-state index contributed by atoms with van der Waals surface area (Å²) in [6, 6.07) is -0.533. The Hall–Kier alpha value is -0.860. The number of ether oxygens (including phenoxy) is 2. The Morgan fingerprint density at radius 2 is 1.94 bits per heavy atom. The van der Waals surface area contributed by atoms with E-state index in [1.54, 1.807) is 20.8 Å². The summed E-state index contributed by atoms with van der Waals surface area (Å²) in [7, 11) is -3.58. The van der Waals surface area contributed by atoms with E-state index < -0.39 is 34.0 Å². The van der Waals surface area contributed by atoms with E-state index in [4.69, 9.17) is 13.7 Å². The van der Waals surface area contributed by atoms with Gasteiger partial charge in [-0.2, -0.15) is 8.42 Å². The number of amides is 1. The zero-order valence-electron chi connectivity index (χ0n) is 10.9. The number of nitrogens with one attached hydrogen (secondary N) is 1. The molecule has 1 aliphatic rings. The molecule has 0 unspecified atom stereocenters. The van der Waals surface area contributed by atoms with Crippen molar-refractivity contribution in [2.75, 3.05) is 19.5 Å². The van der Waals surface area contributed by atoms with Crippen LogP contribution < -0.4 is 5.32 Å². The van der Waals surface area contributed by atoms with Gasteiger partial charge in [-0.05, 0) is 20.8 Å². The Balaban J connectivity index is 2.53. The molecule has 1 amide bonds. The van der Waals surface area contributed by atoms with Gasteiger partial charge in [0.1, 0.15) is 11.7 Å². The van der Waals surface area contributed by atoms with Gasteiger partial charge in [0.25, 0.3) is 10.1 Å². The fourth-order valence-corrected chi connectivity index (χ4v) is 2.09. The Morgan fingerprint density at radius 3 is 2.44 bits per heavy atom. The van der Waals surface area contributed by atoms with Crippen LogP contribution in [-0.4, -0.2) is 51.7 Å². The molecule has 0 aromatic rings. The molecule has 1 rings (SSSR count). The molecule has 8 heteroatoms. The van der Waals surface area contributed by atoms with E-state index >= 15 is 0 Å². The van der Waals surface area contributed by atoms with E-state index in [-0.39, 0.29) is 13.2 Å². The van der Waals surface area contributed by atoms with Crippen molar-refractivity contribution < 1.29 is 26.9 Å². The van der Waals surface area contributed by atoms with Gasteiger partial charge in [-0.25, -0.2) is 4.79 Å². The van der Waals surface area contributed by atoms with Crippen LogP contribution in [0.3, 0.4) is 0 Å². The molecule has 18 heavy (non-hydrogen) atoms. The lowest BCUT2D eigenvalue weighted by Crippen LogP contribution is -2.46. The molecular weight excluding hydrogens is 262 g/mol. The predicted molar refractivity (Wildman–Crippen MR) is 63.7 cm³/mol. The summed E-state index contributed by atoms with van der Waals surface area (Å²) in [6.07, 6.45) is -0.386. The third-order valence-corrected chi connectivity index (χ3v) is 2.63. The number of carbonyl (C=O) groups is 1. The summed E-state index contributed by atoms with van der Waals surface area (Å²) < 4.78 is 37.0. The average Bonchev–Trinajstić information content (AvgIpc) is 2.45. The van der Waals surface area contributed by atoms with Gasteiger partial charge in [0.05, 0.1) is 25.5 Å². The monoisotopic (exact) mass is 281 g/mol. The molecule has 2 atom stereocenters. The molecule has 0 aliphatic carbocycles. The Morgan fingerprint density at radius 1 is 1.33 bits per heavy atom. The van der Waals surface area contributed by atoms with Crippen LogP contribution in [0.25, 0.3) is 0 Å². The molecule has 0 saturated carbocycles. The van der Waals surface area contributed by atoms with Crippen LogP contribution in [0.5, 0.6) is 0 Å². The summed E-state index contributed by atoms with van der Waals surface area (Å²) in [6.45, 7) is 5.53. The molecule has 106 valence electrons. The van der Waals surface area contributed by atoms with Crippen molar-refractivity contribution in [1.82, 2.24) is 5.32 Å². The van der Waals surface area contributed by atoms with E-state index in [1.807, 2.05) is 0 Å². The maximum Gasteiger partial charge on any atom is 0.408 e. The lowest BCUT2D eigenvalue weighted by atomic mass is 10.2. The molecule has 1 saturated heterocycles. The summed E-state index contributed by atoms with van der Waals surface area (Å²) in [4.78, 5) is 11.5. The molecule has 0 bridgehead atoms. The minimum absolute atomic E-state index is 0.119. The fourth-order valence-electron chi connectivity index (χ4n) is 1.45. The van der Waals surface area contributed by atoms with E-state index in [9.17, 15) is 13.2 Å². The predicted octanol–water partition coefficient (Wildman–Crippen LogP) is 0.255. The Kier molecular flexibility index (Phi) is 4.57. The lowest BCUT2D eigenvalue weighted by Gasteiger charge is -2.23. The van der Waals surface area contributed by atoms with Gasteiger partial charge in [-0.3, -0.25) is 4.18 Å². The van der Waals surface area contributed by atoms with Gasteiger partial charge < -0.3 is 14.8 Å². The second-order valence-electron chi connectivity index (χ2n) is 5.13. The smallest absolute Gasteiger partial charge is 0.408 e. The number of hydrogen-bond acceptors (Lipinski definition) is 6. The third-order valence-electron chi connectivity index (χ3n) is 2.03. The number of hydrogen-bond donors (Lipinski definition) is 1. The molecule has 1 N–H and O–H groups in total. The topological polar surface area (TPSA) is 90.9 Å². The highest BCUT2D eigenvalue weighted by molar-refractivity contribution is 7.86. The van der Waals surface area contributed by atoms with Crippen molar-refractivity contribution >= 4 is 16.2 Å². The van der Waals surface area contributed by atoms with Crippen LogP contribution in [0.4, 0.5) is 4.79 Å². The molecule has 1 fully saturated rings. The summed E-state index contributed by atoms with van der Waals surface area (Å²) >= 11 is 0. The highest BCUT2D eigenvalue weighted by Gasteiger charge is 2.34. The first-order valence-corrected chi connectivity index (χ1v) is 7.34. The van der Waals surface area contributed by atoms with Gasteiger partial charge in [0, 0.05) is 0 Å². The van der Waals surface area contributed by atoms with Crippen LogP contribution in [0.1, 0.15) is 20.8 Å². The largest absolute Gasteiger partial charge is 0.444 e. The number of carbonyl (C=O) groups excluding carboxylic acids is 1. The standard InChI is InChI=1S/C10H19NO6S/c1-10(2,3)16-9(12)11-7-5-15-6-8(7)17-18(4,13)14/h7-8H,5-6H2,1-4H3,(H,11,12)/t7-,8+/m0/s1. The second-order valence-corrected chi connectivity index (χ2v) is 6.73. The summed E-state index contributed by atoms with van der Waals surface area (Å²) in [5.41, 5.74) is -0.614.